The van der Waals surface area contributed by atoms with Crippen molar-refractivity contribution in [2.45, 2.75) is 51.0 Å². The summed E-state index contributed by atoms with van der Waals surface area (Å²) in [6.45, 7) is 2.27. The number of nitrogens with one attached hydrogen (secondary N) is 1. The number of urea groups is 1. The quantitative estimate of drug-likeness (QED) is 0.429. The average Bonchev–Trinajstić information content (AvgIpc) is 3.18. The van der Waals surface area contributed by atoms with Crippen molar-refractivity contribution < 1.29 is 35.9 Å². The maximum Gasteiger partial charge on any atom is 0.416 e. The monoisotopic (exact) mass is 512 g/mol. The minimum Gasteiger partial charge on any atom is -0.497 e. The van der Waals surface area contributed by atoms with Crippen molar-refractivity contribution in [3.05, 3.63) is 65.2 Å². The molecule has 2 aromatic rings. The molecule has 0 unspecified atom stereocenters. The number of hydrogen-bond acceptors (Lipinski definition) is 2. The minimum atomic E-state index is -5.00. The molecule has 0 aromatic heterocycles. The van der Waals surface area contributed by atoms with E-state index in [1.54, 1.807) is 13.2 Å². The molecule has 0 bridgehead atoms. The number of ether oxygens (including phenoxy) is 1. The molecule has 1 aliphatic heterocycles. The molecule has 1 saturated heterocycles. The lowest BCUT2D eigenvalue weighted by atomic mass is 9.67. The highest BCUT2D eigenvalue weighted by Crippen LogP contribution is 2.51. The zero-order valence-electron chi connectivity index (χ0n) is 19.8. The lowest BCUT2D eigenvalue weighted by Crippen LogP contribution is -2.40. The summed E-state index contributed by atoms with van der Waals surface area (Å²) in [7, 11) is 1.56. The molecule has 4 nitrogen and oxygen atoms in total. The molecule has 1 saturated carbocycles. The molecule has 1 heterocycles. The number of carbonyl (C=O) groups excluding carboxylic acids is 1. The third kappa shape index (κ3) is 5.47. The normalized spacial score (nSPS) is 19.8. The van der Waals surface area contributed by atoms with Crippen LogP contribution in [0.4, 0.5) is 36.8 Å². The summed E-state index contributed by atoms with van der Waals surface area (Å²) >= 11 is 0. The van der Waals surface area contributed by atoms with Gasteiger partial charge in [-0.05, 0) is 73.1 Å². The first-order chi connectivity index (χ1) is 16.8. The van der Waals surface area contributed by atoms with E-state index in [9.17, 15) is 31.1 Å². The molecular weight excluding hydrogens is 486 g/mol. The molecule has 2 fully saturated rings. The Morgan fingerprint density at radius 3 is 2.22 bits per heavy atom. The van der Waals surface area contributed by atoms with E-state index in [1.165, 1.54) is 4.90 Å². The summed E-state index contributed by atoms with van der Waals surface area (Å²) in [5, 5.41) is 2.29. The number of benzene rings is 2. The van der Waals surface area contributed by atoms with Gasteiger partial charge in [0.05, 0.1) is 24.3 Å². The molecule has 10 heteroatoms. The predicted octanol–water partition coefficient (Wildman–Crippen LogP) is 7.61. The lowest BCUT2D eigenvalue weighted by Gasteiger charge is -2.37. The van der Waals surface area contributed by atoms with Gasteiger partial charge in [-0.15, -0.1) is 0 Å². The van der Waals surface area contributed by atoms with E-state index in [-0.39, 0.29) is 17.5 Å². The third-order valence-corrected chi connectivity index (χ3v) is 7.03. The summed E-state index contributed by atoms with van der Waals surface area (Å²) < 4.78 is 84.7. The standard InChI is InChI=1S/C26H26F6N2O2/c1-16(17-5-3-6-22(10-17)36-2)9-21-14-24(7-4-8-24)15-34(21)23(35)33-20-12-18(25(27,28)29)11-19(13-20)26(30,31)32/h3,5-6,9-13,21H,4,7-8,14-15H2,1-2H3,(H,33,35)/b16-9+/t21-/m1/s1. The number of likely N-dealkylation sites (tertiary alicyclic amines) is 1. The van der Waals surface area contributed by atoms with E-state index in [1.807, 2.05) is 31.2 Å². The first-order valence-corrected chi connectivity index (χ1v) is 11.5. The fraction of sp³-hybridized carbons (Fsp3) is 0.423. The highest BCUT2D eigenvalue weighted by Gasteiger charge is 2.48. The van der Waals surface area contributed by atoms with Crippen molar-refractivity contribution in [2.75, 3.05) is 19.0 Å². The molecule has 4 rings (SSSR count). The fourth-order valence-electron chi connectivity index (χ4n) is 4.98. The van der Waals surface area contributed by atoms with Crippen LogP contribution < -0.4 is 10.1 Å². The third-order valence-electron chi connectivity index (χ3n) is 7.03. The summed E-state index contributed by atoms with van der Waals surface area (Å²) in [4.78, 5) is 14.7. The Morgan fingerprint density at radius 1 is 1.06 bits per heavy atom. The molecule has 1 spiro atoms. The van der Waals surface area contributed by atoms with Gasteiger partial charge in [-0.25, -0.2) is 4.79 Å². The van der Waals surface area contributed by atoms with E-state index < -0.39 is 35.2 Å². The van der Waals surface area contributed by atoms with Gasteiger partial charge < -0.3 is 15.0 Å². The van der Waals surface area contributed by atoms with Crippen molar-refractivity contribution in [1.82, 2.24) is 4.90 Å². The number of amides is 2. The first-order valence-electron chi connectivity index (χ1n) is 11.5. The molecule has 1 N–H and O–H groups in total. The maximum absolute atomic E-state index is 13.2. The maximum atomic E-state index is 13.2. The number of methoxy groups -OCH3 is 1. The van der Waals surface area contributed by atoms with Gasteiger partial charge in [-0.2, -0.15) is 26.3 Å². The van der Waals surface area contributed by atoms with Gasteiger partial charge in [0, 0.05) is 12.2 Å². The molecule has 194 valence electrons. The summed E-state index contributed by atoms with van der Waals surface area (Å²) in [6.07, 6.45) is -4.54. The Kier molecular flexibility index (Phi) is 6.74. The SMILES string of the molecule is COc1cccc(/C(C)=C/[C@@H]2CC3(CCC3)CN2C(=O)Nc2cc(C(F)(F)F)cc(C(F)(F)F)c2)c1. The van der Waals surface area contributed by atoms with Crippen LogP contribution in [0, 0.1) is 5.41 Å². The van der Waals surface area contributed by atoms with Gasteiger partial charge in [0.1, 0.15) is 5.75 Å². The fourth-order valence-corrected chi connectivity index (χ4v) is 4.98. The second-order valence-electron chi connectivity index (χ2n) is 9.56. The van der Waals surface area contributed by atoms with E-state index in [4.69, 9.17) is 4.74 Å². The van der Waals surface area contributed by atoms with Crippen LogP contribution in [0.5, 0.6) is 5.75 Å². The van der Waals surface area contributed by atoms with Crippen LogP contribution in [0.3, 0.4) is 0 Å². The number of halogens is 6. The van der Waals surface area contributed by atoms with Crippen molar-refractivity contribution in [3.63, 3.8) is 0 Å². The van der Waals surface area contributed by atoms with Crippen molar-refractivity contribution in [3.8, 4) is 5.75 Å². The Bertz CT molecular complexity index is 1140. The molecule has 1 aliphatic carbocycles. The van der Waals surface area contributed by atoms with Crippen molar-refractivity contribution >= 4 is 17.3 Å². The smallest absolute Gasteiger partial charge is 0.416 e. The molecule has 2 amide bonds. The number of hydrogen-bond donors (Lipinski definition) is 1. The van der Waals surface area contributed by atoms with Crippen LogP contribution >= 0.6 is 0 Å². The van der Waals surface area contributed by atoms with Crippen LogP contribution in [-0.2, 0) is 12.4 Å². The average molecular weight is 512 g/mol. The van der Waals surface area contributed by atoms with Gasteiger partial charge in [0.15, 0.2) is 0 Å². The topological polar surface area (TPSA) is 41.6 Å². The van der Waals surface area contributed by atoms with Gasteiger partial charge in [0.25, 0.3) is 0 Å². The number of rotatable bonds is 4. The second kappa shape index (κ2) is 9.37. The zero-order chi connectivity index (χ0) is 26.3. The van der Waals surface area contributed by atoms with Crippen molar-refractivity contribution in [1.29, 1.82) is 0 Å². The van der Waals surface area contributed by atoms with E-state index in [0.717, 1.165) is 30.4 Å². The molecule has 0 radical (unpaired) electrons. The van der Waals surface area contributed by atoms with Crippen LogP contribution in [0.2, 0.25) is 0 Å². The summed E-state index contributed by atoms with van der Waals surface area (Å²) in [6, 6.07) is 7.39. The van der Waals surface area contributed by atoms with Crippen molar-refractivity contribution in [2.24, 2.45) is 5.41 Å². The van der Waals surface area contributed by atoms with Gasteiger partial charge in [-0.3, -0.25) is 0 Å². The summed E-state index contributed by atoms with van der Waals surface area (Å²) in [5.74, 6) is 0.668. The highest BCUT2D eigenvalue weighted by molar-refractivity contribution is 5.90. The molecule has 36 heavy (non-hydrogen) atoms. The number of nitrogens with zero attached hydrogens (tertiary/aromatic N) is 1. The van der Waals surface area contributed by atoms with E-state index in [2.05, 4.69) is 5.32 Å². The highest BCUT2D eigenvalue weighted by atomic mass is 19.4. The van der Waals surface area contributed by atoms with Crippen LogP contribution in [0.25, 0.3) is 5.57 Å². The lowest BCUT2D eigenvalue weighted by molar-refractivity contribution is -0.143. The Balaban J connectivity index is 1.62. The van der Waals surface area contributed by atoms with E-state index >= 15 is 0 Å². The van der Waals surface area contributed by atoms with Crippen LogP contribution in [-0.4, -0.2) is 30.6 Å². The Labute approximate surface area is 204 Å². The molecule has 1 atom stereocenters. The van der Waals surface area contributed by atoms with Gasteiger partial charge in [0.2, 0.25) is 0 Å². The number of carbonyl (C=O) groups is 1. The van der Waals surface area contributed by atoms with Crippen LogP contribution in [0.15, 0.2) is 48.5 Å². The van der Waals surface area contributed by atoms with Gasteiger partial charge >= 0.3 is 18.4 Å². The Hall–Kier alpha value is -3.17. The van der Waals surface area contributed by atoms with E-state index in [0.29, 0.717) is 30.8 Å². The largest absolute Gasteiger partial charge is 0.497 e. The molecule has 2 aromatic carbocycles. The number of anilines is 1. The predicted molar refractivity (Wildman–Crippen MR) is 124 cm³/mol. The molecular formula is C26H26F6N2O2. The summed E-state index contributed by atoms with van der Waals surface area (Å²) in [5.41, 5.74) is -1.82. The van der Waals surface area contributed by atoms with Gasteiger partial charge in [-0.1, -0.05) is 24.6 Å². The Morgan fingerprint density at radius 2 is 1.69 bits per heavy atom. The second-order valence-corrected chi connectivity index (χ2v) is 9.56. The first kappa shape index (κ1) is 25.9. The number of alkyl halides is 6. The zero-order valence-corrected chi connectivity index (χ0v) is 19.8. The van der Waals surface area contributed by atoms with Crippen LogP contribution in [0.1, 0.15) is 49.3 Å². The minimum absolute atomic E-state index is 0.0396. The molecule has 2 aliphatic rings. The number of allylic oxidation sites excluding steroid dienone is 1.